The minimum atomic E-state index is 0.0667. The van der Waals surface area contributed by atoms with Crippen molar-refractivity contribution in [2.75, 3.05) is 44.9 Å². The van der Waals surface area contributed by atoms with Crippen LogP contribution in [0.2, 0.25) is 0 Å². The summed E-state index contributed by atoms with van der Waals surface area (Å²) >= 11 is 0. The first kappa shape index (κ1) is 17.3. The van der Waals surface area contributed by atoms with Crippen molar-refractivity contribution in [3.8, 4) is 0 Å². The Bertz CT molecular complexity index is 447. The predicted molar refractivity (Wildman–Crippen MR) is 91.3 cm³/mol. The lowest BCUT2D eigenvalue weighted by molar-refractivity contribution is 0.0614. The van der Waals surface area contributed by atoms with Crippen molar-refractivity contribution < 1.29 is 9.84 Å². The van der Waals surface area contributed by atoms with Crippen LogP contribution < -0.4 is 4.90 Å². The molecule has 1 saturated heterocycles. The first-order valence-corrected chi connectivity index (χ1v) is 8.14. The van der Waals surface area contributed by atoms with Gasteiger partial charge in [-0.25, -0.2) is 0 Å². The van der Waals surface area contributed by atoms with E-state index in [1.807, 2.05) is 0 Å². The van der Waals surface area contributed by atoms with Gasteiger partial charge in [-0.2, -0.15) is 0 Å². The Kier molecular flexibility index (Phi) is 5.84. The highest BCUT2D eigenvalue weighted by Crippen LogP contribution is 2.25. The summed E-state index contributed by atoms with van der Waals surface area (Å²) in [7, 11) is 2.09. The Labute approximate surface area is 134 Å². The number of hydrogen-bond donors (Lipinski definition) is 1. The van der Waals surface area contributed by atoms with E-state index in [-0.39, 0.29) is 18.1 Å². The largest absolute Gasteiger partial charge is 0.395 e. The third-order valence-corrected chi connectivity index (χ3v) is 4.45. The summed E-state index contributed by atoms with van der Waals surface area (Å²) in [5.74, 6) is 0. The van der Waals surface area contributed by atoms with Crippen molar-refractivity contribution in [1.82, 2.24) is 4.90 Å². The van der Waals surface area contributed by atoms with Crippen LogP contribution in [-0.4, -0.2) is 56.0 Å². The van der Waals surface area contributed by atoms with Gasteiger partial charge >= 0.3 is 0 Å². The number of aliphatic hydroxyl groups is 1. The van der Waals surface area contributed by atoms with E-state index in [1.165, 1.54) is 11.3 Å². The van der Waals surface area contributed by atoms with Gasteiger partial charge in [0.1, 0.15) is 0 Å². The summed E-state index contributed by atoms with van der Waals surface area (Å²) in [5.41, 5.74) is 2.61. The lowest BCUT2D eigenvalue weighted by Gasteiger charge is -2.37. The number of aliphatic hydroxyl groups excluding tert-OH is 1. The molecule has 1 atom stereocenters. The average molecular weight is 306 g/mol. The molecule has 0 radical (unpaired) electrons. The number of nitrogens with zero attached hydrogens (tertiary/aromatic N) is 2. The number of ether oxygens (including phenoxy) is 1. The third-order valence-electron chi connectivity index (χ3n) is 4.45. The highest BCUT2D eigenvalue weighted by molar-refractivity contribution is 5.47. The van der Waals surface area contributed by atoms with E-state index in [4.69, 9.17) is 4.74 Å². The van der Waals surface area contributed by atoms with Crippen molar-refractivity contribution in [2.45, 2.75) is 33.4 Å². The van der Waals surface area contributed by atoms with Gasteiger partial charge in [0.25, 0.3) is 0 Å². The fraction of sp³-hybridized carbons (Fsp3) is 0.667. The van der Waals surface area contributed by atoms with Crippen molar-refractivity contribution in [3.05, 3.63) is 29.8 Å². The highest BCUT2D eigenvalue weighted by atomic mass is 16.5. The van der Waals surface area contributed by atoms with E-state index in [0.717, 1.165) is 32.8 Å². The first-order valence-electron chi connectivity index (χ1n) is 8.14. The molecule has 0 aliphatic carbocycles. The number of likely N-dealkylation sites (N-methyl/N-ethyl adjacent to an activating group) is 1. The Hall–Kier alpha value is -1.10. The van der Waals surface area contributed by atoms with Gasteiger partial charge in [-0.3, -0.25) is 4.90 Å². The molecule has 1 aliphatic heterocycles. The molecule has 0 bridgehead atoms. The topological polar surface area (TPSA) is 35.9 Å². The maximum absolute atomic E-state index is 9.66. The van der Waals surface area contributed by atoms with Crippen LogP contribution in [0.4, 0.5) is 5.69 Å². The average Bonchev–Trinajstić information content (AvgIpc) is 2.48. The molecular formula is C18H30N2O2. The molecular weight excluding hydrogens is 276 g/mol. The molecule has 1 heterocycles. The zero-order chi connectivity index (χ0) is 16.2. The Morgan fingerprint density at radius 1 is 1.18 bits per heavy atom. The van der Waals surface area contributed by atoms with Gasteiger partial charge in [0.05, 0.1) is 19.8 Å². The van der Waals surface area contributed by atoms with Gasteiger partial charge in [0.2, 0.25) is 0 Å². The summed E-state index contributed by atoms with van der Waals surface area (Å²) in [4.78, 5) is 4.60. The Morgan fingerprint density at radius 3 is 2.27 bits per heavy atom. The second kappa shape index (κ2) is 7.44. The first-order chi connectivity index (χ1) is 10.4. The minimum absolute atomic E-state index is 0.0667. The van der Waals surface area contributed by atoms with E-state index in [1.54, 1.807) is 0 Å². The number of benzene rings is 1. The van der Waals surface area contributed by atoms with Crippen LogP contribution in [0.5, 0.6) is 0 Å². The third kappa shape index (κ3) is 4.45. The fourth-order valence-electron chi connectivity index (χ4n) is 3.11. The van der Waals surface area contributed by atoms with Gasteiger partial charge in [0, 0.05) is 31.4 Å². The van der Waals surface area contributed by atoms with E-state index in [2.05, 4.69) is 61.9 Å². The SMILES string of the molecule is CN(Cc1ccc(N2CCOCC2)cc1)C(CO)C(C)(C)C. The summed E-state index contributed by atoms with van der Waals surface area (Å²) < 4.78 is 5.40. The molecule has 4 heteroatoms. The molecule has 1 fully saturated rings. The molecule has 0 saturated carbocycles. The zero-order valence-electron chi connectivity index (χ0n) is 14.4. The number of anilines is 1. The van der Waals surface area contributed by atoms with E-state index < -0.39 is 0 Å². The van der Waals surface area contributed by atoms with Gasteiger partial charge < -0.3 is 14.7 Å². The number of rotatable bonds is 5. The molecule has 1 N–H and O–H groups in total. The number of morpholine rings is 1. The zero-order valence-corrected chi connectivity index (χ0v) is 14.4. The summed E-state index contributed by atoms with van der Waals surface area (Å²) in [6.07, 6.45) is 0. The van der Waals surface area contributed by atoms with E-state index in [9.17, 15) is 5.11 Å². The maximum atomic E-state index is 9.66. The van der Waals surface area contributed by atoms with Gasteiger partial charge in [0.15, 0.2) is 0 Å². The molecule has 0 aromatic heterocycles. The maximum Gasteiger partial charge on any atom is 0.0642 e. The standard InChI is InChI=1S/C18H30N2O2/c1-18(2,3)17(14-21)19(4)13-15-5-7-16(8-6-15)20-9-11-22-12-10-20/h5-8,17,21H,9-14H2,1-4H3. The van der Waals surface area contributed by atoms with Crippen molar-refractivity contribution >= 4 is 5.69 Å². The van der Waals surface area contributed by atoms with Gasteiger partial charge in [-0.1, -0.05) is 32.9 Å². The molecule has 1 aliphatic rings. The highest BCUT2D eigenvalue weighted by Gasteiger charge is 2.27. The molecule has 1 aromatic rings. The molecule has 4 nitrogen and oxygen atoms in total. The Morgan fingerprint density at radius 2 is 1.77 bits per heavy atom. The molecule has 2 rings (SSSR count). The van der Waals surface area contributed by atoms with Crippen LogP contribution in [0.15, 0.2) is 24.3 Å². The Balaban J connectivity index is 1.98. The minimum Gasteiger partial charge on any atom is -0.395 e. The summed E-state index contributed by atoms with van der Waals surface area (Å²) in [6, 6.07) is 8.93. The lowest BCUT2D eigenvalue weighted by atomic mass is 9.86. The van der Waals surface area contributed by atoms with Crippen LogP contribution in [0.25, 0.3) is 0 Å². The predicted octanol–water partition coefficient (Wildman–Crippen LogP) is 2.36. The fourth-order valence-corrected chi connectivity index (χ4v) is 3.11. The van der Waals surface area contributed by atoms with Crippen LogP contribution in [0.3, 0.4) is 0 Å². The van der Waals surface area contributed by atoms with Crippen molar-refractivity contribution in [1.29, 1.82) is 0 Å². The molecule has 1 aromatic carbocycles. The molecule has 0 spiro atoms. The summed E-state index contributed by atoms with van der Waals surface area (Å²) in [5, 5.41) is 9.66. The van der Waals surface area contributed by atoms with Crippen LogP contribution in [-0.2, 0) is 11.3 Å². The van der Waals surface area contributed by atoms with Crippen LogP contribution in [0.1, 0.15) is 26.3 Å². The van der Waals surface area contributed by atoms with Crippen molar-refractivity contribution in [2.24, 2.45) is 5.41 Å². The van der Waals surface area contributed by atoms with Crippen LogP contribution in [0, 0.1) is 5.41 Å². The smallest absolute Gasteiger partial charge is 0.0642 e. The molecule has 0 amide bonds. The van der Waals surface area contributed by atoms with Crippen LogP contribution >= 0.6 is 0 Å². The van der Waals surface area contributed by atoms with Crippen molar-refractivity contribution in [3.63, 3.8) is 0 Å². The molecule has 1 unspecified atom stereocenters. The normalized spacial score (nSPS) is 17.8. The quantitative estimate of drug-likeness (QED) is 0.906. The monoisotopic (exact) mass is 306 g/mol. The van der Waals surface area contributed by atoms with Gasteiger partial charge in [-0.05, 0) is 30.2 Å². The summed E-state index contributed by atoms with van der Waals surface area (Å²) in [6.45, 7) is 11.1. The number of hydrogen-bond acceptors (Lipinski definition) is 4. The van der Waals surface area contributed by atoms with Gasteiger partial charge in [-0.15, -0.1) is 0 Å². The lowest BCUT2D eigenvalue weighted by Crippen LogP contribution is -2.43. The molecule has 22 heavy (non-hydrogen) atoms. The molecule has 124 valence electrons. The second-order valence-corrected chi connectivity index (χ2v) is 7.25. The second-order valence-electron chi connectivity index (χ2n) is 7.25. The van der Waals surface area contributed by atoms with E-state index >= 15 is 0 Å². The van der Waals surface area contributed by atoms with E-state index in [0.29, 0.717) is 0 Å².